The van der Waals surface area contributed by atoms with Gasteiger partial charge in [-0.05, 0) is 19.8 Å². The molecule has 0 bridgehead atoms. The number of urea groups is 1. The highest BCUT2D eigenvalue weighted by atomic mass is 16.4. The van der Waals surface area contributed by atoms with E-state index < -0.39 is 24.6 Å². The number of aliphatic hydroxyl groups is 1. The molecule has 0 radical (unpaired) electrons. The maximum absolute atomic E-state index is 11.6. The lowest BCUT2D eigenvalue weighted by Gasteiger charge is -2.22. The monoisotopic (exact) mass is 216 g/mol. The third kappa shape index (κ3) is 3.09. The molecule has 1 rings (SSSR count). The van der Waals surface area contributed by atoms with Crippen LogP contribution in [0.4, 0.5) is 4.79 Å². The van der Waals surface area contributed by atoms with Crippen molar-refractivity contribution in [1.82, 2.24) is 10.2 Å². The van der Waals surface area contributed by atoms with Gasteiger partial charge in [0.2, 0.25) is 0 Å². The van der Waals surface area contributed by atoms with Gasteiger partial charge in [-0.1, -0.05) is 0 Å². The van der Waals surface area contributed by atoms with Crippen LogP contribution in [0, 0.1) is 0 Å². The Hall–Kier alpha value is -1.30. The summed E-state index contributed by atoms with van der Waals surface area (Å²) < 4.78 is 0. The van der Waals surface area contributed by atoms with Gasteiger partial charge in [0.05, 0.1) is 6.61 Å². The van der Waals surface area contributed by atoms with E-state index >= 15 is 0 Å². The van der Waals surface area contributed by atoms with E-state index in [1.807, 2.05) is 6.92 Å². The molecule has 6 nitrogen and oxygen atoms in total. The summed E-state index contributed by atoms with van der Waals surface area (Å²) >= 11 is 0. The van der Waals surface area contributed by atoms with Crippen molar-refractivity contribution in [2.24, 2.45) is 0 Å². The molecule has 1 fully saturated rings. The van der Waals surface area contributed by atoms with Crippen molar-refractivity contribution in [1.29, 1.82) is 0 Å². The first-order valence-corrected chi connectivity index (χ1v) is 5.01. The van der Waals surface area contributed by atoms with Crippen molar-refractivity contribution in [2.45, 2.75) is 31.8 Å². The van der Waals surface area contributed by atoms with Crippen LogP contribution in [0.1, 0.15) is 19.8 Å². The molecule has 6 heteroatoms. The Morgan fingerprint density at radius 3 is 2.47 bits per heavy atom. The zero-order valence-corrected chi connectivity index (χ0v) is 8.64. The van der Waals surface area contributed by atoms with Crippen LogP contribution in [0.2, 0.25) is 0 Å². The van der Waals surface area contributed by atoms with Crippen molar-refractivity contribution in [2.75, 3.05) is 13.2 Å². The SMILES string of the molecule is CCN(C(=O)N[C@H](CO)C(=O)O)C1CC1. The number of carboxylic acid groups (broad SMARTS) is 1. The molecule has 86 valence electrons. The molecule has 0 heterocycles. The van der Waals surface area contributed by atoms with Crippen molar-refractivity contribution in [3.05, 3.63) is 0 Å². The number of aliphatic carboxylic acids is 1. The number of nitrogens with one attached hydrogen (secondary N) is 1. The molecule has 0 aliphatic heterocycles. The Balaban J connectivity index is 2.48. The topological polar surface area (TPSA) is 89.9 Å². The number of carbonyl (C=O) groups excluding carboxylic acids is 1. The van der Waals surface area contributed by atoms with Crippen LogP contribution in [-0.2, 0) is 4.79 Å². The molecule has 0 unspecified atom stereocenters. The van der Waals surface area contributed by atoms with Crippen LogP contribution in [0.3, 0.4) is 0 Å². The molecule has 15 heavy (non-hydrogen) atoms. The number of nitrogens with zero attached hydrogens (tertiary/aromatic N) is 1. The third-order valence-corrected chi connectivity index (χ3v) is 2.37. The van der Waals surface area contributed by atoms with E-state index in [0.717, 1.165) is 12.8 Å². The summed E-state index contributed by atoms with van der Waals surface area (Å²) in [6.45, 7) is 1.80. The number of amides is 2. The molecule has 0 aromatic carbocycles. The first kappa shape index (κ1) is 11.8. The van der Waals surface area contributed by atoms with Crippen LogP contribution in [0.5, 0.6) is 0 Å². The van der Waals surface area contributed by atoms with Crippen LogP contribution in [0.15, 0.2) is 0 Å². The van der Waals surface area contributed by atoms with Gasteiger partial charge in [-0.25, -0.2) is 9.59 Å². The Bertz CT molecular complexity index is 252. The van der Waals surface area contributed by atoms with E-state index in [2.05, 4.69) is 5.32 Å². The molecular weight excluding hydrogens is 200 g/mol. The van der Waals surface area contributed by atoms with Gasteiger partial charge in [0.25, 0.3) is 0 Å². The number of hydrogen-bond donors (Lipinski definition) is 3. The first-order valence-electron chi connectivity index (χ1n) is 5.01. The number of aliphatic hydroxyl groups excluding tert-OH is 1. The maximum Gasteiger partial charge on any atom is 0.328 e. The molecule has 1 aliphatic rings. The van der Waals surface area contributed by atoms with E-state index in [1.54, 1.807) is 4.90 Å². The second kappa shape index (κ2) is 4.97. The fraction of sp³-hybridized carbons (Fsp3) is 0.778. The Morgan fingerprint density at radius 1 is 1.53 bits per heavy atom. The minimum atomic E-state index is -1.22. The van der Waals surface area contributed by atoms with Gasteiger partial charge in [0, 0.05) is 12.6 Å². The quantitative estimate of drug-likeness (QED) is 0.584. The second-order valence-electron chi connectivity index (χ2n) is 3.54. The van der Waals surface area contributed by atoms with Crippen molar-refractivity contribution < 1.29 is 19.8 Å². The normalized spacial score (nSPS) is 16.9. The molecule has 2 amide bonds. The summed E-state index contributed by atoms with van der Waals surface area (Å²) in [7, 11) is 0. The summed E-state index contributed by atoms with van der Waals surface area (Å²) in [6.07, 6.45) is 1.94. The van der Waals surface area contributed by atoms with Crippen molar-refractivity contribution in [3.63, 3.8) is 0 Å². The minimum absolute atomic E-state index is 0.239. The second-order valence-corrected chi connectivity index (χ2v) is 3.54. The lowest BCUT2D eigenvalue weighted by molar-refractivity contribution is -0.140. The lowest BCUT2D eigenvalue weighted by atomic mass is 10.3. The smallest absolute Gasteiger partial charge is 0.328 e. The van der Waals surface area contributed by atoms with Crippen molar-refractivity contribution in [3.8, 4) is 0 Å². The molecule has 0 spiro atoms. The van der Waals surface area contributed by atoms with E-state index in [-0.39, 0.29) is 6.04 Å². The Labute approximate surface area is 87.9 Å². The van der Waals surface area contributed by atoms with Crippen LogP contribution in [-0.4, -0.2) is 52.3 Å². The van der Waals surface area contributed by atoms with Gasteiger partial charge in [-0.3, -0.25) is 0 Å². The zero-order chi connectivity index (χ0) is 11.4. The van der Waals surface area contributed by atoms with Crippen LogP contribution >= 0.6 is 0 Å². The number of carboxylic acids is 1. The highest BCUT2D eigenvalue weighted by Gasteiger charge is 2.32. The third-order valence-electron chi connectivity index (χ3n) is 2.37. The van der Waals surface area contributed by atoms with Crippen LogP contribution in [0.25, 0.3) is 0 Å². The van der Waals surface area contributed by atoms with Gasteiger partial charge >= 0.3 is 12.0 Å². The fourth-order valence-corrected chi connectivity index (χ4v) is 1.37. The number of carbonyl (C=O) groups is 2. The van der Waals surface area contributed by atoms with E-state index in [1.165, 1.54) is 0 Å². The summed E-state index contributed by atoms with van der Waals surface area (Å²) in [5, 5.41) is 19.7. The summed E-state index contributed by atoms with van der Waals surface area (Å²) in [5.74, 6) is -1.22. The Morgan fingerprint density at radius 2 is 2.13 bits per heavy atom. The molecular formula is C9H16N2O4. The molecule has 1 aliphatic carbocycles. The first-order chi connectivity index (χ1) is 7.10. The molecule has 3 N–H and O–H groups in total. The fourth-order valence-electron chi connectivity index (χ4n) is 1.37. The average molecular weight is 216 g/mol. The van der Waals surface area contributed by atoms with E-state index in [0.29, 0.717) is 6.54 Å². The van der Waals surface area contributed by atoms with E-state index in [9.17, 15) is 9.59 Å². The predicted octanol–water partition coefficient (Wildman–Crippen LogP) is -0.374. The highest BCUT2D eigenvalue weighted by molar-refractivity contribution is 5.82. The number of hydrogen-bond acceptors (Lipinski definition) is 3. The van der Waals surface area contributed by atoms with Crippen LogP contribution < -0.4 is 5.32 Å². The standard InChI is InChI=1S/C9H16N2O4/c1-2-11(6-3-4-6)9(15)10-7(5-12)8(13)14/h6-7,12H,2-5H2,1H3,(H,10,15)(H,13,14)/t7-/m1/s1. The van der Waals surface area contributed by atoms with Gasteiger partial charge in [-0.2, -0.15) is 0 Å². The highest BCUT2D eigenvalue weighted by Crippen LogP contribution is 2.26. The predicted molar refractivity (Wildman–Crippen MR) is 52.4 cm³/mol. The minimum Gasteiger partial charge on any atom is -0.480 e. The summed E-state index contributed by atoms with van der Waals surface area (Å²) in [5.41, 5.74) is 0. The average Bonchev–Trinajstić information content (AvgIpc) is 2.99. The van der Waals surface area contributed by atoms with Gasteiger partial charge in [0.15, 0.2) is 6.04 Å². The summed E-state index contributed by atoms with van der Waals surface area (Å²) in [4.78, 5) is 23.7. The molecule has 0 aromatic rings. The molecule has 0 aromatic heterocycles. The Kier molecular flexibility index (Phi) is 3.90. The van der Waals surface area contributed by atoms with Gasteiger partial charge < -0.3 is 20.4 Å². The molecule has 1 atom stereocenters. The van der Waals surface area contributed by atoms with Gasteiger partial charge in [0.1, 0.15) is 0 Å². The van der Waals surface area contributed by atoms with Gasteiger partial charge in [-0.15, -0.1) is 0 Å². The van der Waals surface area contributed by atoms with Crippen molar-refractivity contribution >= 4 is 12.0 Å². The molecule has 0 saturated heterocycles. The zero-order valence-electron chi connectivity index (χ0n) is 8.64. The van der Waals surface area contributed by atoms with E-state index in [4.69, 9.17) is 10.2 Å². The number of rotatable bonds is 5. The summed E-state index contributed by atoms with van der Waals surface area (Å²) in [6, 6.07) is -1.39. The maximum atomic E-state index is 11.6. The molecule has 1 saturated carbocycles. The largest absolute Gasteiger partial charge is 0.480 e. The lowest BCUT2D eigenvalue weighted by Crippen LogP contribution is -2.50.